The van der Waals surface area contributed by atoms with E-state index in [1.54, 1.807) is 17.0 Å². The molecule has 4 heteroatoms. The summed E-state index contributed by atoms with van der Waals surface area (Å²) in [6, 6.07) is 7.02. The van der Waals surface area contributed by atoms with E-state index in [-0.39, 0.29) is 18.6 Å². The van der Waals surface area contributed by atoms with Crippen LogP contribution in [0.2, 0.25) is 0 Å². The van der Waals surface area contributed by atoms with Gasteiger partial charge < -0.3 is 15.7 Å². The summed E-state index contributed by atoms with van der Waals surface area (Å²) in [5, 5.41) is 9.30. The molecule has 1 fully saturated rings. The molecule has 0 saturated carbocycles. The van der Waals surface area contributed by atoms with Gasteiger partial charge in [-0.3, -0.25) is 4.79 Å². The fourth-order valence-corrected chi connectivity index (χ4v) is 2.30. The van der Waals surface area contributed by atoms with E-state index in [2.05, 4.69) is 0 Å². The number of hydrogen-bond acceptors (Lipinski definition) is 3. The van der Waals surface area contributed by atoms with E-state index < -0.39 is 0 Å². The van der Waals surface area contributed by atoms with Crippen molar-refractivity contribution in [2.45, 2.75) is 25.3 Å². The number of anilines is 1. The molecule has 17 heavy (non-hydrogen) atoms. The highest BCUT2D eigenvalue weighted by molar-refractivity contribution is 5.99. The van der Waals surface area contributed by atoms with Crippen LogP contribution in [0.4, 0.5) is 5.69 Å². The van der Waals surface area contributed by atoms with Gasteiger partial charge in [-0.2, -0.15) is 0 Å². The van der Waals surface area contributed by atoms with E-state index in [0.29, 0.717) is 17.8 Å². The molecule has 0 bridgehead atoms. The van der Waals surface area contributed by atoms with Gasteiger partial charge in [-0.25, -0.2) is 0 Å². The summed E-state index contributed by atoms with van der Waals surface area (Å²) in [5.41, 5.74) is 6.84. The number of hydrogen-bond donors (Lipinski definition) is 2. The number of nitrogens with zero attached hydrogens (tertiary/aromatic N) is 1. The fraction of sp³-hybridized carbons (Fsp3) is 0.462. The quantitative estimate of drug-likeness (QED) is 0.757. The summed E-state index contributed by atoms with van der Waals surface area (Å²) in [6.45, 7) is 0.733. The molecule has 1 amide bonds. The van der Waals surface area contributed by atoms with Crippen molar-refractivity contribution in [3.8, 4) is 0 Å². The number of carbonyl (C=O) groups excluding carboxylic acids is 1. The van der Waals surface area contributed by atoms with Gasteiger partial charge in [-0.15, -0.1) is 0 Å². The standard InChI is InChI=1S/C13H18N2O2/c14-12-7-2-1-6-11(12)13(17)15-8-4-3-5-10(15)9-16/h1-2,6-7,10,16H,3-5,8-9,14H2. The van der Waals surface area contributed by atoms with Crippen LogP contribution in [-0.2, 0) is 0 Å². The van der Waals surface area contributed by atoms with Crippen LogP contribution in [0, 0.1) is 0 Å². The van der Waals surface area contributed by atoms with Crippen LogP contribution < -0.4 is 5.73 Å². The minimum Gasteiger partial charge on any atom is -0.398 e. The summed E-state index contributed by atoms with van der Waals surface area (Å²) >= 11 is 0. The van der Waals surface area contributed by atoms with Crippen molar-refractivity contribution in [3.05, 3.63) is 29.8 Å². The summed E-state index contributed by atoms with van der Waals surface area (Å²) in [5.74, 6) is -0.0677. The van der Waals surface area contributed by atoms with Crippen molar-refractivity contribution in [1.82, 2.24) is 4.90 Å². The Morgan fingerprint density at radius 1 is 1.41 bits per heavy atom. The third kappa shape index (κ3) is 2.42. The van der Waals surface area contributed by atoms with Gasteiger partial charge in [0.25, 0.3) is 5.91 Å². The second kappa shape index (κ2) is 5.19. The van der Waals surface area contributed by atoms with Gasteiger partial charge in [0.1, 0.15) is 0 Å². The molecule has 1 aliphatic rings. The van der Waals surface area contributed by atoms with Crippen molar-refractivity contribution >= 4 is 11.6 Å². The molecular weight excluding hydrogens is 216 g/mol. The smallest absolute Gasteiger partial charge is 0.256 e. The van der Waals surface area contributed by atoms with Crippen molar-refractivity contribution in [1.29, 1.82) is 0 Å². The molecule has 0 aromatic heterocycles. The Labute approximate surface area is 101 Å². The Morgan fingerprint density at radius 2 is 2.18 bits per heavy atom. The third-order valence-corrected chi connectivity index (χ3v) is 3.29. The first-order chi connectivity index (χ1) is 8.24. The van der Waals surface area contributed by atoms with E-state index in [1.165, 1.54) is 0 Å². The molecule has 1 aromatic rings. The van der Waals surface area contributed by atoms with Crippen LogP contribution in [0.5, 0.6) is 0 Å². The zero-order valence-electron chi connectivity index (χ0n) is 9.80. The van der Waals surface area contributed by atoms with Gasteiger partial charge in [0.05, 0.1) is 18.2 Å². The maximum Gasteiger partial charge on any atom is 0.256 e. The number of rotatable bonds is 2. The number of aliphatic hydroxyl groups is 1. The van der Waals surface area contributed by atoms with Gasteiger partial charge in [0.2, 0.25) is 0 Å². The second-order valence-corrected chi connectivity index (χ2v) is 4.42. The molecule has 1 saturated heterocycles. The van der Waals surface area contributed by atoms with E-state index in [1.807, 2.05) is 12.1 Å². The molecule has 1 aliphatic heterocycles. The van der Waals surface area contributed by atoms with Crippen LogP contribution in [0.1, 0.15) is 29.6 Å². The summed E-state index contributed by atoms with van der Waals surface area (Å²) in [7, 11) is 0. The molecule has 0 spiro atoms. The number of carbonyl (C=O) groups is 1. The van der Waals surface area contributed by atoms with Crippen molar-refractivity contribution in [2.75, 3.05) is 18.9 Å². The first kappa shape index (κ1) is 11.9. The molecular formula is C13H18N2O2. The molecule has 1 unspecified atom stereocenters. The Balaban J connectivity index is 2.21. The zero-order valence-corrected chi connectivity index (χ0v) is 9.80. The maximum atomic E-state index is 12.3. The van der Waals surface area contributed by atoms with Gasteiger partial charge in [0, 0.05) is 12.2 Å². The number of aliphatic hydroxyl groups excluding tert-OH is 1. The van der Waals surface area contributed by atoms with Crippen LogP contribution in [0.25, 0.3) is 0 Å². The lowest BCUT2D eigenvalue weighted by Gasteiger charge is -2.34. The molecule has 1 aromatic carbocycles. The van der Waals surface area contributed by atoms with Crippen LogP contribution >= 0.6 is 0 Å². The first-order valence-corrected chi connectivity index (χ1v) is 6.00. The molecule has 1 atom stereocenters. The predicted octanol–water partition coefficient (Wildman–Crippen LogP) is 1.26. The molecule has 2 rings (SSSR count). The average Bonchev–Trinajstić information content (AvgIpc) is 2.38. The lowest BCUT2D eigenvalue weighted by molar-refractivity contribution is 0.0504. The number of nitrogen functional groups attached to an aromatic ring is 1. The summed E-state index contributed by atoms with van der Waals surface area (Å²) in [6.07, 6.45) is 2.93. The number of piperidine rings is 1. The minimum absolute atomic E-state index is 0.0263. The lowest BCUT2D eigenvalue weighted by atomic mass is 10.0. The Kier molecular flexibility index (Phi) is 3.64. The van der Waals surface area contributed by atoms with Gasteiger partial charge in [-0.1, -0.05) is 12.1 Å². The third-order valence-electron chi connectivity index (χ3n) is 3.29. The van der Waals surface area contributed by atoms with Crippen molar-refractivity contribution in [3.63, 3.8) is 0 Å². The average molecular weight is 234 g/mol. The minimum atomic E-state index is -0.0677. The van der Waals surface area contributed by atoms with Gasteiger partial charge >= 0.3 is 0 Å². The van der Waals surface area contributed by atoms with Crippen LogP contribution in [-0.4, -0.2) is 35.1 Å². The van der Waals surface area contributed by atoms with Crippen molar-refractivity contribution in [2.24, 2.45) is 0 Å². The Hall–Kier alpha value is -1.55. The predicted molar refractivity (Wildman–Crippen MR) is 66.6 cm³/mol. The van der Waals surface area contributed by atoms with Crippen LogP contribution in [0.15, 0.2) is 24.3 Å². The monoisotopic (exact) mass is 234 g/mol. The number of likely N-dealkylation sites (tertiary alicyclic amines) is 1. The zero-order chi connectivity index (χ0) is 12.3. The SMILES string of the molecule is Nc1ccccc1C(=O)N1CCCCC1CO. The van der Waals surface area contributed by atoms with Crippen LogP contribution in [0.3, 0.4) is 0 Å². The molecule has 92 valence electrons. The van der Waals surface area contributed by atoms with E-state index in [4.69, 9.17) is 5.73 Å². The summed E-state index contributed by atoms with van der Waals surface area (Å²) in [4.78, 5) is 14.1. The van der Waals surface area contributed by atoms with Gasteiger partial charge in [0.15, 0.2) is 0 Å². The molecule has 4 nitrogen and oxygen atoms in total. The fourth-order valence-electron chi connectivity index (χ4n) is 2.30. The maximum absolute atomic E-state index is 12.3. The van der Waals surface area contributed by atoms with E-state index in [9.17, 15) is 9.90 Å². The molecule has 3 N–H and O–H groups in total. The van der Waals surface area contributed by atoms with Crippen molar-refractivity contribution < 1.29 is 9.90 Å². The highest BCUT2D eigenvalue weighted by Gasteiger charge is 2.27. The highest BCUT2D eigenvalue weighted by Crippen LogP contribution is 2.21. The topological polar surface area (TPSA) is 66.6 Å². The van der Waals surface area contributed by atoms with E-state index in [0.717, 1.165) is 19.3 Å². The molecule has 0 aliphatic carbocycles. The normalized spacial score (nSPS) is 20.3. The number of benzene rings is 1. The molecule has 0 radical (unpaired) electrons. The highest BCUT2D eigenvalue weighted by atomic mass is 16.3. The lowest BCUT2D eigenvalue weighted by Crippen LogP contribution is -2.45. The Bertz CT molecular complexity index is 406. The number of amides is 1. The largest absolute Gasteiger partial charge is 0.398 e. The van der Waals surface area contributed by atoms with E-state index >= 15 is 0 Å². The first-order valence-electron chi connectivity index (χ1n) is 6.00. The second-order valence-electron chi connectivity index (χ2n) is 4.42. The van der Waals surface area contributed by atoms with Gasteiger partial charge in [-0.05, 0) is 31.4 Å². The number of nitrogens with two attached hydrogens (primary N) is 1. The summed E-state index contributed by atoms with van der Waals surface area (Å²) < 4.78 is 0. The Morgan fingerprint density at radius 3 is 2.88 bits per heavy atom. The molecule has 1 heterocycles. The number of para-hydroxylation sites is 1.